The van der Waals surface area contributed by atoms with Gasteiger partial charge in [-0.15, -0.1) is 0 Å². The number of hydrogen-bond donors (Lipinski definition) is 0. The molecular weight excluding hydrogens is 198 g/mol. The van der Waals surface area contributed by atoms with Crippen LogP contribution in [0.25, 0.3) is 10.9 Å². The number of ketones is 1. The number of aromatic nitrogens is 1. The highest BCUT2D eigenvalue weighted by Crippen LogP contribution is 2.36. The minimum atomic E-state index is 0.170. The molecule has 0 atom stereocenters. The number of rotatable bonds is 2. The Morgan fingerprint density at radius 2 is 2.06 bits per heavy atom. The first-order valence-electron chi connectivity index (χ1n) is 5.88. The van der Waals surface area contributed by atoms with E-state index in [1.165, 1.54) is 30.2 Å². The molecule has 1 aliphatic rings. The van der Waals surface area contributed by atoms with Crippen molar-refractivity contribution in [2.24, 2.45) is 0 Å². The van der Waals surface area contributed by atoms with Gasteiger partial charge in [0, 0.05) is 23.9 Å². The molecule has 0 spiro atoms. The van der Waals surface area contributed by atoms with Crippen molar-refractivity contribution in [2.45, 2.75) is 32.2 Å². The van der Waals surface area contributed by atoms with E-state index in [1.54, 1.807) is 6.92 Å². The van der Waals surface area contributed by atoms with Crippen molar-refractivity contribution in [3.63, 3.8) is 0 Å². The van der Waals surface area contributed by atoms with Crippen LogP contribution >= 0.6 is 0 Å². The lowest BCUT2D eigenvalue weighted by atomic mass is 9.92. The molecule has 16 heavy (non-hydrogen) atoms. The fraction of sp³-hybridized carbons (Fsp3) is 0.357. The summed E-state index contributed by atoms with van der Waals surface area (Å²) in [5, 5.41) is 1.18. The van der Waals surface area contributed by atoms with E-state index >= 15 is 0 Å². The van der Waals surface area contributed by atoms with Crippen molar-refractivity contribution < 1.29 is 4.79 Å². The summed E-state index contributed by atoms with van der Waals surface area (Å²) in [5.74, 6) is 0.170. The number of Topliss-reactive ketones (excluding diaryl/α,β-unsaturated/α-hetero) is 1. The van der Waals surface area contributed by atoms with Crippen LogP contribution in [0.5, 0.6) is 0 Å². The SMILES string of the molecule is CC(=O)c1cc2ccccc2n1C1CCC1. The Morgan fingerprint density at radius 1 is 1.31 bits per heavy atom. The summed E-state index contributed by atoms with van der Waals surface area (Å²) in [4.78, 5) is 11.7. The average Bonchev–Trinajstić information content (AvgIpc) is 2.56. The molecule has 2 nitrogen and oxygen atoms in total. The molecule has 2 aromatic rings. The van der Waals surface area contributed by atoms with Gasteiger partial charge in [-0.3, -0.25) is 4.79 Å². The van der Waals surface area contributed by atoms with Crippen LogP contribution in [0.2, 0.25) is 0 Å². The number of carbonyl (C=O) groups excluding carboxylic acids is 1. The van der Waals surface area contributed by atoms with Crippen LogP contribution in [-0.2, 0) is 0 Å². The van der Waals surface area contributed by atoms with Gasteiger partial charge in [0.2, 0.25) is 0 Å². The summed E-state index contributed by atoms with van der Waals surface area (Å²) in [7, 11) is 0. The molecule has 1 aromatic heterocycles. The molecule has 82 valence electrons. The first-order valence-corrected chi connectivity index (χ1v) is 5.88. The standard InChI is InChI=1S/C14H15NO/c1-10(16)14-9-11-5-2-3-8-13(11)15(14)12-6-4-7-12/h2-3,5,8-9,12H,4,6-7H2,1H3. The minimum absolute atomic E-state index is 0.170. The molecule has 0 amide bonds. The summed E-state index contributed by atoms with van der Waals surface area (Å²) < 4.78 is 2.24. The van der Waals surface area contributed by atoms with Crippen LogP contribution in [0.1, 0.15) is 42.7 Å². The lowest BCUT2D eigenvalue weighted by Crippen LogP contribution is -2.20. The van der Waals surface area contributed by atoms with Crippen LogP contribution in [0, 0.1) is 0 Å². The van der Waals surface area contributed by atoms with Gasteiger partial charge in [0.25, 0.3) is 0 Å². The number of carbonyl (C=O) groups is 1. The largest absolute Gasteiger partial charge is 0.335 e. The third-order valence-electron chi connectivity index (χ3n) is 3.55. The summed E-state index contributed by atoms with van der Waals surface area (Å²) in [6.45, 7) is 1.66. The van der Waals surface area contributed by atoms with E-state index in [0.29, 0.717) is 6.04 Å². The Labute approximate surface area is 94.9 Å². The van der Waals surface area contributed by atoms with Gasteiger partial charge in [-0.25, -0.2) is 0 Å². The van der Waals surface area contributed by atoms with Crippen LogP contribution in [-0.4, -0.2) is 10.4 Å². The van der Waals surface area contributed by atoms with E-state index in [-0.39, 0.29) is 5.78 Å². The van der Waals surface area contributed by atoms with E-state index in [4.69, 9.17) is 0 Å². The second-order valence-electron chi connectivity index (χ2n) is 4.60. The molecule has 1 aliphatic carbocycles. The zero-order chi connectivity index (χ0) is 11.1. The number of fused-ring (bicyclic) bond motifs is 1. The number of hydrogen-bond acceptors (Lipinski definition) is 1. The normalized spacial score (nSPS) is 16.3. The molecule has 0 bridgehead atoms. The second-order valence-corrected chi connectivity index (χ2v) is 4.60. The predicted molar refractivity (Wildman–Crippen MR) is 64.8 cm³/mol. The van der Waals surface area contributed by atoms with Crippen LogP contribution < -0.4 is 0 Å². The molecular formula is C14H15NO. The Morgan fingerprint density at radius 3 is 2.69 bits per heavy atom. The van der Waals surface area contributed by atoms with Crippen molar-refractivity contribution in [1.82, 2.24) is 4.57 Å². The van der Waals surface area contributed by atoms with Gasteiger partial charge < -0.3 is 4.57 Å². The number of benzene rings is 1. The number of para-hydroxylation sites is 1. The van der Waals surface area contributed by atoms with Gasteiger partial charge in [0.15, 0.2) is 5.78 Å². The highest BCUT2D eigenvalue weighted by molar-refractivity contribution is 5.98. The summed E-state index contributed by atoms with van der Waals surface area (Å²) in [6, 6.07) is 10.8. The van der Waals surface area contributed by atoms with Crippen molar-refractivity contribution >= 4 is 16.7 Å². The summed E-state index contributed by atoms with van der Waals surface area (Å²) in [5.41, 5.74) is 2.07. The van der Waals surface area contributed by atoms with Crippen molar-refractivity contribution in [1.29, 1.82) is 0 Å². The average molecular weight is 213 g/mol. The molecule has 1 fully saturated rings. The molecule has 0 radical (unpaired) electrons. The van der Waals surface area contributed by atoms with E-state index in [2.05, 4.69) is 16.7 Å². The molecule has 1 heterocycles. The van der Waals surface area contributed by atoms with E-state index in [9.17, 15) is 4.79 Å². The Kier molecular flexibility index (Phi) is 2.10. The molecule has 0 aliphatic heterocycles. The Bertz CT molecular complexity index is 549. The van der Waals surface area contributed by atoms with Crippen LogP contribution in [0.15, 0.2) is 30.3 Å². The molecule has 1 aromatic carbocycles. The van der Waals surface area contributed by atoms with Gasteiger partial charge in [-0.05, 0) is 31.4 Å². The lowest BCUT2D eigenvalue weighted by Gasteiger charge is -2.29. The Hall–Kier alpha value is -1.57. The molecule has 0 saturated heterocycles. The van der Waals surface area contributed by atoms with Crippen molar-refractivity contribution in [3.05, 3.63) is 36.0 Å². The van der Waals surface area contributed by atoms with Gasteiger partial charge in [0.05, 0.1) is 5.69 Å². The quantitative estimate of drug-likeness (QED) is 0.699. The first kappa shape index (κ1) is 9.64. The van der Waals surface area contributed by atoms with E-state index in [1.807, 2.05) is 18.2 Å². The molecule has 2 heteroatoms. The fourth-order valence-electron chi connectivity index (χ4n) is 2.49. The summed E-state index contributed by atoms with van der Waals surface area (Å²) in [6.07, 6.45) is 3.70. The summed E-state index contributed by atoms with van der Waals surface area (Å²) >= 11 is 0. The maximum atomic E-state index is 11.7. The smallest absolute Gasteiger partial charge is 0.176 e. The fourth-order valence-corrected chi connectivity index (χ4v) is 2.49. The third kappa shape index (κ3) is 1.29. The van der Waals surface area contributed by atoms with Crippen molar-refractivity contribution in [2.75, 3.05) is 0 Å². The monoisotopic (exact) mass is 213 g/mol. The van der Waals surface area contributed by atoms with Crippen LogP contribution in [0.3, 0.4) is 0 Å². The topological polar surface area (TPSA) is 22.0 Å². The maximum absolute atomic E-state index is 11.7. The Balaban J connectivity index is 2.26. The van der Waals surface area contributed by atoms with E-state index in [0.717, 1.165) is 5.69 Å². The molecule has 3 rings (SSSR count). The predicted octanol–water partition coefficient (Wildman–Crippen LogP) is 3.57. The molecule has 0 unspecified atom stereocenters. The third-order valence-corrected chi connectivity index (χ3v) is 3.55. The van der Waals surface area contributed by atoms with Crippen molar-refractivity contribution in [3.8, 4) is 0 Å². The number of nitrogens with zero attached hydrogens (tertiary/aromatic N) is 1. The van der Waals surface area contributed by atoms with Gasteiger partial charge in [-0.2, -0.15) is 0 Å². The maximum Gasteiger partial charge on any atom is 0.176 e. The van der Waals surface area contributed by atoms with Gasteiger partial charge >= 0.3 is 0 Å². The lowest BCUT2D eigenvalue weighted by molar-refractivity contribution is 0.0999. The highest BCUT2D eigenvalue weighted by atomic mass is 16.1. The minimum Gasteiger partial charge on any atom is -0.335 e. The molecule has 0 N–H and O–H groups in total. The second kappa shape index (κ2) is 3.48. The van der Waals surface area contributed by atoms with E-state index < -0.39 is 0 Å². The zero-order valence-corrected chi connectivity index (χ0v) is 9.44. The highest BCUT2D eigenvalue weighted by Gasteiger charge is 2.24. The van der Waals surface area contributed by atoms with Gasteiger partial charge in [-0.1, -0.05) is 18.2 Å². The first-order chi connectivity index (χ1) is 7.77. The zero-order valence-electron chi connectivity index (χ0n) is 9.44. The van der Waals surface area contributed by atoms with Crippen LogP contribution in [0.4, 0.5) is 0 Å². The molecule has 1 saturated carbocycles. The van der Waals surface area contributed by atoms with Gasteiger partial charge in [0.1, 0.15) is 0 Å².